The van der Waals surface area contributed by atoms with Crippen LogP contribution in [0.4, 0.5) is 0 Å². The van der Waals surface area contributed by atoms with Crippen molar-refractivity contribution in [3.05, 3.63) is 40.1 Å². The third kappa shape index (κ3) is 2.53. The highest BCUT2D eigenvalue weighted by molar-refractivity contribution is 5.87. The van der Waals surface area contributed by atoms with Gasteiger partial charge in [-0.05, 0) is 56.5 Å². The Morgan fingerprint density at radius 3 is 2.86 bits per heavy atom. The van der Waals surface area contributed by atoms with E-state index in [1.807, 2.05) is 0 Å². The first-order valence-electron chi connectivity index (χ1n) is 8.45. The number of hydrogen-bond acceptors (Lipinski definition) is 3. The first kappa shape index (κ1) is 14.2. The lowest BCUT2D eigenvalue weighted by Crippen LogP contribution is -2.29. The molecule has 116 valence electrons. The van der Waals surface area contributed by atoms with Gasteiger partial charge >= 0.3 is 0 Å². The van der Waals surface area contributed by atoms with Crippen molar-refractivity contribution in [1.82, 2.24) is 15.2 Å². The highest BCUT2D eigenvalue weighted by atomic mass is 15.1. The summed E-state index contributed by atoms with van der Waals surface area (Å²) in [6.07, 6.45) is 3.75. The van der Waals surface area contributed by atoms with Crippen molar-refractivity contribution in [3.8, 4) is 0 Å². The Hall–Kier alpha value is -1.45. The molecule has 1 aromatic carbocycles. The smallest absolute Gasteiger partial charge is 0.0738 e. The lowest BCUT2D eigenvalue weighted by Gasteiger charge is -2.28. The second-order valence-electron chi connectivity index (χ2n) is 7.14. The van der Waals surface area contributed by atoms with Gasteiger partial charge in [0.05, 0.1) is 5.52 Å². The van der Waals surface area contributed by atoms with Crippen LogP contribution in [-0.2, 0) is 19.5 Å². The summed E-state index contributed by atoms with van der Waals surface area (Å²) in [5.41, 5.74) is 8.14. The predicted octanol–water partition coefficient (Wildman–Crippen LogP) is 3.09. The lowest BCUT2D eigenvalue weighted by molar-refractivity contribution is 0.308. The van der Waals surface area contributed by atoms with E-state index in [-0.39, 0.29) is 0 Å². The molecule has 0 amide bonds. The Labute approximate surface area is 132 Å². The Kier molecular flexibility index (Phi) is 3.43. The number of hydrogen-bond donors (Lipinski definition) is 1. The first-order valence-corrected chi connectivity index (χ1v) is 8.45. The second kappa shape index (κ2) is 5.32. The van der Waals surface area contributed by atoms with E-state index in [4.69, 9.17) is 4.98 Å². The van der Waals surface area contributed by atoms with Gasteiger partial charge in [0.15, 0.2) is 0 Å². The number of nitrogens with zero attached hydrogens (tertiary/aromatic N) is 2. The lowest BCUT2D eigenvalue weighted by atomic mass is 9.93. The maximum absolute atomic E-state index is 5.04. The molecule has 0 radical (unpaired) electrons. The number of fused-ring (bicyclic) bond motifs is 2. The molecular weight excluding hydrogens is 270 g/mol. The van der Waals surface area contributed by atoms with E-state index in [1.54, 1.807) is 0 Å². The van der Waals surface area contributed by atoms with Crippen LogP contribution in [0, 0.1) is 13.8 Å². The summed E-state index contributed by atoms with van der Waals surface area (Å²) in [5.74, 6) is 0. The molecule has 3 nitrogen and oxygen atoms in total. The maximum atomic E-state index is 5.04. The van der Waals surface area contributed by atoms with Crippen LogP contribution in [0.25, 0.3) is 10.9 Å². The highest BCUT2D eigenvalue weighted by Gasteiger charge is 2.24. The third-order valence-corrected chi connectivity index (χ3v) is 5.03. The van der Waals surface area contributed by atoms with Crippen LogP contribution < -0.4 is 5.32 Å². The van der Waals surface area contributed by atoms with Crippen molar-refractivity contribution in [3.63, 3.8) is 0 Å². The zero-order chi connectivity index (χ0) is 15.3. The molecular formula is C19H25N3. The molecule has 1 aliphatic carbocycles. The van der Waals surface area contributed by atoms with E-state index >= 15 is 0 Å². The predicted molar refractivity (Wildman–Crippen MR) is 91.1 cm³/mol. The Bertz CT molecular complexity index is 731. The van der Waals surface area contributed by atoms with Crippen LogP contribution in [0.5, 0.6) is 0 Å². The van der Waals surface area contributed by atoms with Gasteiger partial charge in [0.1, 0.15) is 0 Å². The van der Waals surface area contributed by atoms with Gasteiger partial charge in [0.2, 0.25) is 0 Å². The van der Waals surface area contributed by atoms with Crippen molar-refractivity contribution in [2.75, 3.05) is 13.6 Å². The molecule has 2 aliphatic rings. The SMILES string of the molecule is Cc1cc(C)c2nc3c(c(CNC4CC4)c2c1)CN(C)CC3. The molecule has 1 aliphatic heterocycles. The highest BCUT2D eigenvalue weighted by Crippen LogP contribution is 2.31. The van der Waals surface area contributed by atoms with Crippen LogP contribution in [0.3, 0.4) is 0 Å². The van der Waals surface area contributed by atoms with Gasteiger partial charge in [0.25, 0.3) is 0 Å². The van der Waals surface area contributed by atoms with Gasteiger partial charge in [-0.1, -0.05) is 11.6 Å². The zero-order valence-electron chi connectivity index (χ0n) is 13.9. The van der Waals surface area contributed by atoms with Crippen LogP contribution in [0.2, 0.25) is 0 Å². The van der Waals surface area contributed by atoms with Gasteiger partial charge in [-0.3, -0.25) is 4.98 Å². The largest absolute Gasteiger partial charge is 0.310 e. The Morgan fingerprint density at radius 2 is 2.09 bits per heavy atom. The number of pyridine rings is 1. The van der Waals surface area contributed by atoms with E-state index in [9.17, 15) is 0 Å². The van der Waals surface area contributed by atoms with Crippen molar-refractivity contribution in [2.45, 2.75) is 52.2 Å². The average molecular weight is 295 g/mol. The van der Waals surface area contributed by atoms with E-state index in [1.165, 1.54) is 51.7 Å². The van der Waals surface area contributed by atoms with Crippen LogP contribution in [0.15, 0.2) is 12.1 Å². The van der Waals surface area contributed by atoms with Gasteiger partial charge < -0.3 is 10.2 Å². The molecule has 1 N–H and O–H groups in total. The van der Waals surface area contributed by atoms with Gasteiger partial charge in [0, 0.05) is 43.2 Å². The standard InChI is InChI=1S/C19H25N3/c1-12-8-13(2)19-15(9-12)16(10-20-14-4-5-14)17-11-22(3)7-6-18(17)21-19/h8-9,14,20H,4-7,10-11H2,1-3H3. The fraction of sp³-hybridized carbons (Fsp3) is 0.526. The summed E-state index contributed by atoms with van der Waals surface area (Å²) in [6, 6.07) is 5.33. The zero-order valence-corrected chi connectivity index (χ0v) is 13.9. The van der Waals surface area contributed by atoms with E-state index in [2.05, 4.69) is 43.2 Å². The number of rotatable bonds is 3. The quantitative estimate of drug-likeness (QED) is 0.943. The number of aryl methyl sites for hydroxylation is 2. The molecule has 1 saturated carbocycles. The molecule has 3 heteroatoms. The number of likely N-dealkylation sites (N-methyl/N-ethyl adjacent to an activating group) is 1. The molecule has 0 saturated heterocycles. The molecule has 22 heavy (non-hydrogen) atoms. The summed E-state index contributed by atoms with van der Waals surface area (Å²) in [5, 5.41) is 5.08. The molecule has 1 aromatic heterocycles. The van der Waals surface area contributed by atoms with Crippen molar-refractivity contribution >= 4 is 10.9 Å². The topological polar surface area (TPSA) is 28.2 Å². The number of benzene rings is 1. The summed E-state index contributed by atoms with van der Waals surface area (Å²) in [6.45, 7) is 7.53. The van der Waals surface area contributed by atoms with Crippen LogP contribution in [0.1, 0.15) is 40.8 Å². The van der Waals surface area contributed by atoms with Gasteiger partial charge in [-0.2, -0.15) is 0 Å². The maximum Gasteiger partial charge on any atom is 0.0738 e. The fourth-order valence-electron chi connectivity index (χ4n) is 3.65. The fourth-order valence-corrected chi connectivity index (χ4v) is 3.65. The molecule has 0 atom stereocenters. The van der Waals surface area contributed by atoms with Gasteiger partial charge in [-0.15, -0.1) is 0 Å². The monoisotopic (exact) mass is 295 g/mol. The van der Waals surface area contributed by atoms with E-state index in [0.717, 1.165) is 32.1 Å². The third-order valence-electron chi connectivity index (χ3n) is 5.03. The molecule has 1 fully saturated rings. The molecule has 4 rings (SSSR count). The molecule has 2 heterocycles. The minimum Gasteiger partial charge on any atom is -0.310 e. The number of aromatic nitrogens is 1. The van der Waals surface area contributed by atoms with Crippen molar-refractivity contribution in [2.24, 2.45) is 0 Å². The number of nitrogens with one attached hydrogen (secondary N) is 1. The van der Waals surface area contributed by atoms with Crippen molar-refractivity contribution in [1.29, 1.82) is 0 Å². The summed E-state index contributed by atoms with van der Waals surface area (Å²) < 4.78 is 0. The first-order chi connectivity index (χ1) is 10.6. The average Bonchev–Trinajstić information content (AvgIpc) is 3.28. The van der Waals surface area contributed by atoms with E-state index < -0.39 is 0 Å². The summed E-state index contributed by atoms with van der Waals surface area (Å²) in [7, 11) is 2.22. The Balaban J connectivity index is 1.90. The second-order valence-corrected chi connectivity index (χ2v) is 7.14. The molecule has 2 aromatic rings. The normalized spacial score (nSPS) is 18.7. The molecule has 0 unspecified atom stereocenters. The summed E-state index contributed by atoms with van der Waals surface area (Å²) >= 11 is 0. The van der Waals surface area contributed by atoms with Crippen molar-refractivity contribution < 1.29 is 0 Å². The molecule has 0 spiro atoms. The van der Waals surface area contributed by atoms with E-state index in [0.29, 0.717) is 0 Å². The summed E-state index contributed by atoms with van der Waals surface area (Å²) in [4.78, 5) is 7.46. The van der Waals surface area contributed by atoms with Gasteiger partial charge in [-0.25, -0.2) is 0 Å². The minimum absolute atomic E-state index is 0.742. The minimum atomic E-state index is 0.742. The molecule has 0 bridgehead atoms. The van der Waals surface area contributed by atoms with Crippen LogP contribution in [-0.4, -0.2) is 29.5 Å². The van der Waals surface area contributed by atoms with Crippen LogP contribution >= 0.6 is 0 Å². The Morgan fingerprint density at radius 1 is 1.27 bits per heavy atom.